The van der Waals surface area contributed by atoms with Gasteiger partial charge in [0.25, 0.3) is 0 Å². The number of carbonyl (C=O) groups excluding carboxylic acids is 1. The second-order valence-electron chi connectivity index (χ2n) is 7.19. The number of benzene rings is 1. The smallest absolute Gasteiger partial charge is 0.331 e. The highest BCUT2D eigenvalue weighted by molar-refractivity contribution is 5.98. The maximum atomic E-state index is 12.8. The third-order valence-electron chi connectivity index (χ3n) is 4.61. The number of carboxylic acids is 1. The van der Waals surface area contributed by atoms with Crippen LogP contribution >= 0.6 is 0 Å². The Balaban J connectivity index is 2.25. The maximum Gasteiger partial charge on any atom is 0.331 e. The number of hydrogen-bond acceptors (Lipinski definition) is 5. The molecule has 0 aliphatic carbocycles. The van der Waals surface area contributed by atoms with Crippen molar-refractivity contribution >= 4 is 17.6 Å². The predicted octanol–water partition coefficient (Wildman–Crippen LogP) is 2.64. The van der Waals surface area contributed by atoms with Crippen molar-refractivity contribution in [1.82, 2.24) is 9.78 Å². The summed E-state index contributed by atoms with van der Waals surface area (Å²) < 4.78 is 11.8. The van der Waals surface area contributed by atoms with Crippen LogP contribution in [0.25, 0.3) is 0 Å². The van der Waals surface area contributed by atoms with Crippen molar-refractivity contribution in [2.75, 3.05) is 19.5 Å². The average molecular weight is 375 g/mol. The van der Waals surface area contributed by atoms with Crippen LogP contribution in [0.4, 0.5) is 5.69 Å². The van der Waals surface area contributed by atoms with E-state index in [1.54, 1.807) is 39.2 Å². The molecule has 1 aromatic heterocycles. The summed E-state index contributed by atoms with van der Waals surface area (Å²) in [5, 5.41) is 16.1. The average Bonchev–Trinajstić information content (AvgIpc) is 3.10. The summed E-state index contributed by atoms with van der Waals surface area (Å²) in [7, 11) is 3.08. The number of aromatic nitrogens is 2. The van der Waals surface area contributed by atoms with Crippen molar-refractivity contribution in [3.8, 4) is 11.5 Å². The van der Waals surface area contributed by atoms with Gasteiger partial charge in [-0.2, -0.15) is 5.10 Å². The molecule has 0 spiro atoms. The van der Waals surface area contributed by atoms with Crippen LogP contribution in [0.1, 0.15) is 33.3 Å². The molecule has 0 bridgehead atoms. The lowest BCUT2D eigenvalue weighted by molar-refractivity contribution is -0.146. The van der Waals surface area contributed by atoms with Crippen LogP contribution in [0.5, 0.6) is 11.5 Å². The van der Waals surface area contributed by atoms with E-state index in [9.17, 15) is 14.7 Å². The van der Waals surface area contributed by atoms with Gasteiger partial charge in [0.15, 0.2) is 17.0 Å². The molecule has 0 aliphatic heterocycles. The van der Waals surface area contributed by atoms with Crippen LogP contribution in [-0.4, -0.2) is 41.0 Å². The number of methoxy groups -OCH3 is 2. The molecule has 2 aromatic rings. The van der Waals surface area contributed by atoms with Crippen molar-refractivity contribution < 1.29 is 24.2 Å². The number of carboxylic acid groups (broad SMARTS) is 1. The molecule has 0 fully saturated rings. The predicted molar refractivity (Wildman–Crippen MR) is 100 cm³/mol. The zero-order chi connectivity index (χ0) is 20.4. The summed E-state index contributed by atoms with van der Waals surface area (Å²) in [4.78, 5) is 24.2. The number of nitrogens with one attached hydrogen (secondary N) is 1. The molecule has 2 rings (SSSR count). The maximum absolute atomic E-state index is 12.8. The topological polar surface area (TPSA) is 103 Å². The molecule has 27 heavy (non-hydrogen) atoms. The van der Waals surface area contributed by atoms with Gasteiger partial charge in [0, 0.05) is 6.20 Å². The van der Waals surface area contributed by atoms with Crippen molar-refractivity contribution in [3.05, 3.63) is 36.2 Å². The summed E-state index contributed by atoms with van der Waals surface area (Å²) in [6.45, 7) is 6.63. The summed E-state index contributed by atoms with van der Waals surface area (Å²) in [5.41, 5.74) is -0.926. The highest BCUT2D eigenvalue weighted by Gasteiger charge is 2.33. The number of rotatable bonds is 7. The standard InChI is InChI=1S/C19H25N3O5/c1-18(2,12-7-8-14(26-5)15(9-12)27-6)16(23)21-13-10-20-22(11-13)19(3,4)17(24)25/h7-11H,1-6H3,(H,21,23)(H,24,25). The summed E-state index contributed by atoms with van der Waals surface area (Å²) >= 11 is 0. The van der Waals surface area contributed by atoms with Gasteiger partial charge >= 0.3 is 5.97 Å². The second kappa shape index (κ2) is 7.30. The van der Waals surface area contributed by atoms with Gasteiger partial charge in [0.1, 0.15) is 0 Å². The Morgan fingerprint density at radius 2 is 1.74 bits per heavy atom. The van der Waals surface area contributed by atoms with E-state index in [0.717, 1.165) is 5.56 Å². The Bertz CT molecular complexity index is 855. The minimum absolute atomic E-state index is 0.262. The fourth-order valence-electron chi connectivity index (χ4n) is 2.43. The van der Waals surface area contributed by atoms with E-state index in [2.05, 4.69) is 10.4 Å². The first kappa shape index (κ1) is 20.3. The lowest BCUT2D eigenvalue weighted by Gasteiger charge is -2.25. The van der Waals surface area contributed by atoms with Crippen molar-refractivity contribution in [3.63, 3.8) is 0 Å². The molecule has 8 heteroatoms. The molecular weight excluding hydrogens is 350 g/mol. The number of hydrogen-bond donors (Lipinski definition) is 2. The first-order chi connectivity index (χ1) is 12.5. The molecule has 2 N–H and O–H groups in total. The quantitative estimate of drug-likeness (QED) is 0.771. The minimum atomic E-state index is -1.22. The Labute approximate surface area is 158 Å². The van der Waals surface area contributed by atoms with Gasteiger partial charge in [0.05, 0.1) is 31.5 Å². The van der Waals surface area contributed by atoms with Crippen LogP contribution in [0.3, 0.4) is 0 Å². The molecule has 0 unspecified atom stereocenters. The van der Waals surface area contributed by atoms with Crippen LogP contribution in [0.15, 0.2) is 30.6 Å². The third kappa shape index (κ3) is 3.89. The number of carbonyl (C=O) groups is 2. The molecule has 146 valence electrons. The molecule has 1 amide bonds. The SMILES string of the molecule is COc1ccc(C(C)(C)C(=O)Nc2cnn(C(C)(C)C(=O)O)c2)cc1OC. The van der Waals surface area contributed by atoms with E-state index in [4.69, 9.17) is 9.47 Å². The van der Waals surface area contributed by atoms with Crippen molar-refractivity contribution in [1.29, 1.82) is 0 Å². The Morgan fingerprint density at radius 3 is 2.30 bits per heavy atom. The lowest BCUT2D eigenvalue weighted by Crippen LogP contribution is -2.36. The Kier molecular flexibility index (Phi) is 5.48. The van der Waals surface area contributed by atoms with Gasteiger partial charge in [-0.25, -0.2) is 4.79 Å². The Hall–Kier alpha value is -3.03. The molecule has 0 radical (unpaired) electrons. The number of nitrogens with zero attached hydrogens (tertiary/aromatic N) is 2. The van der Waals surface area contributed by atoms with Crippen LogP contribution in [-0.2, 0) is 20.5 Å². The number of ether oxygens (including phenoxy) is 2. The minimum Gasteiger partial charge on any atom is -0.493 e. The largest absolute Gasteiger partial charge is 0.493 e. The highest BCUT2D eigenvalue weighted by atomic mass is 16.5. The van der Waals surface area contributed by atoms with E-state index >= 15 is 0 Å². The zero-order valence-corrected chi connectivity index (χ0v) is 16.4. The summed E-state index contributed by atoms with van der Waals surface area (Å²) in [6.07, 6.45) is 2.92. The Morgan fingerprint density at radius 1 is 1.11 bits per heavy atom. The molecular formula is C19H25N3O5. The van der Waals surface area contributed by atoms with Crippen LogP contribution in [0.2, 0.25) is 0 Å². The first-order valence-corrected chi connectivity index (χ1v) is 8.36. The second-order valence-corrected chi connectivity index (χ2v) is 7.19. The monoisotopic (exact) mass is 375 g/mol. The van der Waals surface area contributed by atoms with Gasteiger partial charge < -0.3 is 19.9 Å². The van der Waals surface area contributed by atoms with E-state index in [1.807, 2.05) is 0 Å². The van der Waals surface area contributed by atoms with Gasteiger partial charge in [-0.1, -0.05) is 6.07 Å². The van der Waals surface area contributed by atoms with E-state index in [-0.39, 0.29) is 5.91 Å². The van der Waals surface area contributed by atoms with Crippen LogP contribution < -0.4 is 14.8 Å². The number of amides is 1. The first-order valence-electron chi connectivity index (χ1n) is 8.36. The fourth-order valence-corrected chi connectivity index (χ4v) is 2.43. The number of aliphatic carboxylic acids is 1. The van der Waals surface area contributed by atoms with Crippen LogP contribution in [0, 0.1) is 0 Å². The third-order valence-corrected chi connectivity index (χ3v) is 4.61. The van der Waals surface area contributed by atoms with Crippen molar-refractivity contribution in [2.45, 2.75) is 38.6 Å². The molecule has 8 nitrogen and oxygen atoms in total. The van der Waals surface area contributed by atoms with E-state index in [1.165, 1.54) is 38.0 Å². The molecule has 0 aliphatic rings. The number of anilines is 1. The highest BCUT2D eigenvalue weighted by Crippen LogP contribution is 2.34. The van der Waals surface area contributed by atoms with E-state index in [0.29, 0.717) is 17.2 Å². The molecule has 0 atom stereocenters. The fraction of sp³-hybridized carbons (Fsp3) is 0.421. The molecule has 1 aromatic carbocycles. The lowest BCUT2D eigenvalue weighted by atomic mass is 9.83. The van der Waals surface area contributed by atoms with Gasteiger partial charge in [-0.05, 0) is 45.4 Å². The van der Waals surface area contributed by atoms with Crippen molar-refractivity contribution in [2.24, 2.45) is 0 Å². The van der Waals surface area contributed by atoms with E-state index < -0.39 is 16.9 Å². The molecule has 1 heterocycles. The summed E-state index contributed by atoms with van der Waals surface area (Å²) in [6, 6.07) is 5.31. The molecule has 0 saturated heterocycles. The normalized spacial score (nSPS) is 11.8. The summed E-state index contributed by atoms with van der Waals surface area (Å²) in [5.74, 6) is -0.168. The molecule has 0 saturated carbocycles. The van der Waals surface area contributed by atoms with Gasteiger partial charge in [0.2, 0.25) is 5.91 Å². The zero-order valence-electron chi connectivity index (χ0n) is 16.4. The van der Waals surface area contributed by atoms with Gasteiger partial charge in [-0.15, -0.1) is 0 Å². The van der Waals surface area contributed by atoms with Gasteiger partial charge in [-0.3, -0.25) is 9.48 Å².